The van der Waals surface area contributed by atoms with Crippen LogP contribution in [0.1, 0.15) is 73.6 Å². The van der Waals surface area contributed by atoms with Gasteiger partial charge in [0.25, 0.3) is 10.1 Å². The molecule has 1 heterocycles. The van der Waals surface area contributed by atoms with Gasteiger partial charge >= 0.3 is 12.1 Å². The van der Waals surface area contributed by atoms with Crippen LogP contribution in [0.5, 0.6) is 0 Å². The second kappa shape index (κ2) is 13.8. The topological polar surface area (TPSA) is 157 Å². The molecule has 1 aromatic rings. The fourth-order valence-electron chi connectivity index (χ4n) is 6.56. The molecule has 1 aromatic carbocycles. The third-order valence-corrected chi connectivity index (χ3v) is 11.5. The van der Waals surface area contributed by atoms with Gasteiger partial charge in [0.15, 0.2) is 0 Å². The molecule has 0 bridgehead atoms. The van der Waals surface area contributed by atoms with Gasteiger partial charge in [0.2, 0.25) is 11.8 Å². The van der Waals surface area contributed by atoms with Crippen molar-refractivity contribution in [2.45, 2.75) is 108 Å². The summed E-state index contributed by atoms with van der Waals surface area (Å²) < 4.78 is 43.3. The molecule has 1 aliphatic heterocycles. The fraction of sp³-hybridized carbons (Fsp3) is 0.688. The molecule has 256 valence electrons. The van der Waals surface area contributed by atoms with Crippen LogP contribution in [-0.2, 0) is 38.2 Å². The van der Waals surface area contributed by atoms with E-state index in [-0.39, 0.29) is 29.9 Å². The number of esters is 1. The first-order valence-electron chi connectivity index (χ1n) is 15.8. The number of ether oxygens (including phenoxy) is 2. The van der Waals surface area contributed by atoms with Gasteiger partial charge in [0, 0.05) is 17.4 Å². The van der Waals surface area contributed by atoms with Gasteiger partial charge in [-0.2, -0.15) is 8.42 Å². The van der Waals surface area contributed by atoms with Gasteiger partial charge in [-0.3, -0.25) is 13.8 Å². The van der Waals surface area contributed by atoms with Gasteiger partial charge in [0.05, 0.1) is 18.1 Å². The third-order valence-electron chi connectivity index (χ3n) is 9.60. The average molecular weight is 729 g/mol. The maximum absolute atomic E-state index is 14.3. The molecule has 0 spiro atoms. The van der Waals surface area contributed by atoms with E-state index in [1.807, 2.05) is 6.92 Å². The highest BCUT2D eigenvalue weighted by molar-refractivity contribution is 9.10. The van der Waals surface area contributed by atoms with Crippen LogP contribution in [-0.4, -0.2) is 80.7 Å². The summed E-state index contributed by atoms with van der Waals surface area (Å²) in [5, 5.41) is 5.54. The molecule has 14 heteroatoms. The molecule has 3 aliphatic rings. The number of methoxy groups -OCH3 is 1. The minimum Gasteiger partial charge on any atom is -0.467 e. The van der Waals surface area contributed by atoms with Crippen LogP contribution in [0.4, 0.5) is 4.79 Å². The van der Waals surface area contributed by atoms with Gasteiger partial charge in [-0.05, 0) is 66.7 Å². The second-order valence-electron chi connectivity index (χ2n) is 14.0. The van der Waals surface area contributed by atoms with Crippen molar-refractivity contribution < 1.29 is 41.3 Å². The third kappa shape index (κ3) is 7.87. The van der Waals surface area contributed by atoms with Crippen LogP contribution in [0.25, 0.3) is 0 Å². The minimum atomic E-state index is -4.26. The summed E-state index contributed by atoms with van der Waals surface area (Å²) in [6.45, 7) is 11.2. The number of hydrogen-bond acceptors (Lipinski definition) is 9. The molecule has 3 fully saturated rings. The summed E-state index contributed by atoms with van der Waals surface area (Å²) in [4.78, 5) is 55.1. The van der Waals surface area contributed by atoms with Crippen LogP contribution in [0.3, 0.4) is 0 Å². The lowest BCUT2D eigenvalue weighted by molar-refractivity contribution is -0.148. The second-order valence-corrected chi connectivity index (χ2v) is 16.5. The van der Waals surface area contributed by atoms with Gasteiger partial charge in [-0.1, -0.05) is 63.9 Å². The summed E-state index contributed by atoms with van der Waals surface area (Å²) in [6.07, 6.45) is 0.227. The van der Waals surface area contributed by atoms with Crippen LogP contribution >= 0.6 is 15.9 Å². The summed E-state index contributed by atoms with van der Waals surface area (Å²) in [6, 6.07) is 3.60. The number of carbonyl (C=O) groups excluding carboxylic acids is 4. The fourth-order valence-corrected chi connectivity index (χ4v) is 7.90. The Morgan fingerprint density at radius 3 is 2.17 bits per heavy atom. The smallest absolute Gasteiger partial charge is 0.408 e. The number of rotatable bonds is 10. The number of alkyl carbamates (subject to hydrolysis) is 1. The van der Waals surface area contributed by atoms with E-state index in [1.54, 1.807) is 32.9 Å². The van der Waals surface area contributed by atoms with E-state index in [2.05, 4.69) is 40.4 Å². The molecule has 46 heavy (non-hydrogen) atoms. The van der Waals surface area contributed by atoms with Crippen molar-refractivity contribution in [2.24, 2.45) is 23.2 Å². The van der Waals surface area contributed by atoms with Gasteiger partial charge in [-0.25, -0.2) is 9.59 Å². The van der Waals surface area contributed by atoms with E-state index >= 15 is 0 Å². The Bertz CT molecular complexity index is 1420. The normalized spacial score (nSPS) is 30.0. The number of halogens is 1. The van der Waals surface area contributed by atoms with E-state index in [0.29, 0.717) is 29.2 Å². The number of amides is 3. The highest BCUT2D eigenvalue weighted by Gasteiger charge is 2.62. The largest absolute Gasteiger partial charge is 0.467 e. The van der Waals surface area contributed by atoms with Crippen LogP contribution in [0, 0.1) is 23.2 Å². The zero-order valence-electron chi connectivity index (χ0n) is 27.5. The molecule has 3 amide bonds. The lowest BCUT2D eigenvalue weighted by atomic mass is 9.85. The Labute approximate surface area is 279 Å². The molecular formula is C32H46BrN3O9S. The molecule has 0 radical (unpaired) electrons. The van der Waals surface area contributed by atoms with Gasteiger partial charge in [-0.15, -0.1) is 0 Å². The molecule has 0 aromatic heterocycles. The Kier molecular flexibility index (Phi) is 10.8. The highest BCUT2D eigenvalue weighted by Crippen LogP contribution is 2.47. The molecule has 2 aliphatic carbocycles. The van der Waals surface area contributed by atoms with Crippen molar-refractivity contribution in [3.8, 4) is 0 Å². The molecule has 1 saturated heterocycles. The summed E-state index contributed by atoms with van der Waals surface area (Å²) in [5.41, 5.74) is -2.04. The monoisotopic (exact) mass is 727 g/mol. The van der Waals surface area contributed by atoms with Crippen molar-refractivity contribution in [3.05, 3.63) is 28.7 Å². The van der Waals surface area contributed by atoms with Crippen LogP contribution < -0.4 is 10.6 Å². The molecular weight excluding hydrogens is 682 g/mol. The van der Waals surface area contributed by atoms with E-state index in [9.17, 15) is 27.6 Å². The number of carbonyl (C=O) groups is 4. The van der Waals surface area contributed by atoms with Crippen molar-refractivity contribution in [3.63, 3.8) is 0 Å². The molecule has 1 unspecified atom stereocenters. The Morgan fingerprint density at radius 2 is 1.65 bits per heavy atom. The maximum atomic E-state index is 14.3. The Morgan fingerprint density at radius 1 is 1.04 bits per heavy atom. The number of benzene rings is 1. The van der Waals surface area contributed by atoms with Crippen LogP contribution in [0.15, 0.2) is 33.6 Å². The first kappa shape index (κ1) is 36.1. The molecule has 8 atom stereocenters. The van der Waals surface area contributed by atoms with Crippen molar-refractivity contribution >= 4 is 49.9 Å². The van der Waals surface area contributed by atoms with Crippen molar-refractivity contribution in [1.29, 1.82) is 0 Å². The average Bonchev–Trinajstić information content (AvgIpc) is 3.38. The first-order valence-corrected chi connectivity index (χ1v) is 18.0. The predicted octanol–water partition coefficient (Wildman–Crippen LogP) is 4.16. The van der Waals surface area contributed by atoms with Gasteiger partial charge in [0.1, 0.15) is 23.7 Å². The standard InChI is InChI=1S/C32H46BrN3O9S/c1-8-20-16-32(20,29(39)43-7)35-27(37)25-15-23(45-46(41,42)24-11-9-21(33)10-12-24)17-36(25)28(38)26(31(4,5)6)34-30(40)44-22-13-18(2)19(3)14-22/h9-12,18-20,22-23,25-26H,8,13-17H2,1-7H3,(H,34,40)(H,35,37)/t18-,19+,20-,22?,23-,25+,26-,32-/m1/s1. The first-order chi connectivity index (χ1) is 21.4. The summed E-state index contributed by atoms with van der Waals surface area (Å²) >= 11 is 3.28. The molecule has 4 rings (SSSR count). The summed E-state index contributed by atoms with van der Waals surface area (Å²) in [5.74, 6) is -1.15. The van der Waals surface area contributed by atoms with E-state index in [4.69, 9.17) is 13.7 Å². The molecule has 2 N–H and O–H groups in total. The number of nitrogens with one attached hydrogen (secondary N) is 2. The van der Waals surface area contributed by atoms with E-state index in [0.717, 1.165) is 12.8 Å². The zero-order valence-corrected chi connectivity index (χ0v) is 29.9. The van der Waals surface area contributed by atoms with Crippen molar-refractivity contribution in [2.75, 3.05) is 13.7 Å². The SMILES string of the molecule is CC[C@@H]1C[C@]1(NC(=O)[C@@H]1C[C@@H](OS(=O)(=O)c2ccc(Br)cc2)CN1C(=O)[C@@H](NC(=O)OC1C[C@@H](C)[C@@H](C)C1)C(C)(C)C)C(=O)OC. The Hall–Kier alpha value is -2.71. The minimum absolute atomic E-state index is 0.0811. The molecule has 2 saturated carbocycles. The quantitative estimate of drug-likeness (QED) is 0.267. The Balaban J connectivity index is 1.59. The number of likely N-dealkylation sites (tertiary alicyclic amines) is 1. The van der Waals surface area contributed by atoms with E-state index in [1.165, 1.54) is 24.1 Å². The van der Waals surface area contributed by atoms with Crippen LogP contribution in [0.2, 0.25) is 0 Å². The lowest BCUT2D eigenvalue weighted by Gasteiger charge is -2.35. The highest BCUT2D eigenvalue weighted by atomic mass is 79.9. The van der Waals surface area contributed by atoms with Crippen molar-refractivity contribution in [1.82, 2.24) is 15.5 Å². The molecule has 12 nitrogen and oxygen atoms in total. The van der Waals surface area contributed by atoms with E-state index < -0.39 is 63.1 Å². The summed E-state index contributed by atoms with van der Waals surface area (Å²) in [7, 11) is -3.01. The number of hydrogen-bond donors (Lipinski definition) is 2. The number of nitrogens with zero attached hydrogens (tertiary/aromatic N) is 1. The predicted molar refractivity (Wildman–Crippen MR) is 172 cm³/mol. The maximum Gasteiger partial charge on any atom is 0.408 e. The van der Waals surface area contributed by atoms with Gasteiger partial charge < -0.3 is 25.0 Å². The zero-order chi connectivity index (χ0) is 34.2. The lowest BCUT2D eigenvalue weighted by Crippen LogP contribution is -2.59.